The third kappa shape index (κ3) is 3.20. The van der Waals surface area contributed by atoms with Gasteiger partial charge in [0.1, 0.15) is 0 Å². The molecule has 0 radical (unpaired) electrons. The van der Waals surface area contributed by atoms with Crippen molar-refractivity contribution >= 4 is 64.5 Å². The molecule has 0 atom stereocenters. The van der Waals surface area contributed by atoms with E-state index in [1.54, 1.807) is 0 Å². The highest BCUT2D eigenvalue weighted by Crippen LogP contribution is 2.52. The lowest BCUT2D eigenvalue weighted by Crippen LogP contribution is -2.15. The monoisotopic (exact) mass is 545 g/mol. The quantitative estimate of drug-likeness (QED) is 0.213. The van der Waals surface area contributed by atoms with Gasteiger partial charge in [-0.05, 0) is 64.7 Å². The number of thiophene rings is 1. The Morgan fingerprint density at radius 1 is 0.639 bits per heavy atom. The second-order valence-corrected chi connectivity index (χ2v) is 11.9. The molecule has 1 heterocycles. The number of rotatable bonds is 3. The minimum Gasteiger partial charge on any atom is -0.309 e. The van der Waals surface area contributed by atoms with E-state index in [2.05, 4.69) is 144 Å². The third-order valence-electron chi connectivity index (χ3n) is 7.50. The standard InChI is InChI=1S/C33H24BrNS/c1-33(2)28-14-8-6-12-24(28)26-20-23(16-17-29(26)33)35(22-10-4-3-5-11-22)30-19-21(34)18-27-25-13-7-9-15-31(25)36-32(27)30/h3-20H,1-2H3. The third-order valence-corrected chi connectivity index (χ3v) is 9.17. The van der Waals surface area contributed by atoms with Gasteiger partial charge in [-0.25, -0.2) is 0 Å². The van der Waals surface area contributed by atoms with E-state index in [-0.39, 0.29) is 5.41 Å². The van der Waals surface area contributed by atoms with E-state index in [0.29, 0.717) is 0 Å². The van der Waals surface area contributed by atoms with Crippen LogP contribution < -0.4 is 4.90 Å². The van der Waals surface area contributed by atoms with Crippen LogP contribution in [0, 0.1) is 0 Å². The minimum absolute atomic E-state index is 0.00342. The summed E-state index contributed by atoms with van der Waals surface area (Å²) in [5, 5.41) is 2.59. The number of hydrogen-bond donors (Lipinski definition) is 0. The van der Waals surface area contributed by atoms with Crippen LogP contribution in [-0.2, 0) is 5.41 Å². The summed E-state index contributed by atoms with van der Waals surface area (Å²) in [4.78, 5) is 2.41. The van der Waals surface area contributed by atoms with Gasteiger partial charge >= 0.3 is 0 Å². The molecule has 0 aliphatic heterocycles. The van der Waals surface area contributed by atoms with Crippen LogP contribution in [0.1, 0.15) is 25.0 Å². The van der Waals surface area contributed by atoms with Crippen molar-refractivity contribution in [2.24, 2.45) is 0 Å². The van der Waals surface area contributed by atoms with E-state index in [9.17, 15) is 0 Å². The fourth-order valence-corrected chi connectivity index (χ4v) is 7.43. The van der Waals surface area contributed by atoms with Gasteiger partial charge in [-0.15, -0.1) is 11.3 Å². The fraction of sp³-hybridized carbons (Fsp3) is 0.0909. The van der Waals surface area contributed by atoms with Gasteiger partial charge in [-0.3, -0.25) is 0 Å². The minimum atomic E-state index is -0.00342. The number of hydrogen-bond acceptors (Lipinski definition) is 2. The van der Waals surface area contributed by atoms with Gasteiger partial charge in [0.2, 0.25) is 0 Å². The molecule has 0 spiro atoms. The topological polar surface area (TPSA) is 3.24 Å². The molecule has 3 heteroatoms. The van der Waals surface area contributed by atoms with Gasteiger partial charge in [0.15, 0.2) is 0 Å². The summed E-state index contributed by atoms with van der Waals surface area (Å²) in [6.45, 7) is 4.67. The van der Waals surface area contributed by atoms with E-state index in [1.165, 1.54) is 53.8 Å². The first kappa shape index (κ1) is 21.8. The molecule has 0 unspecified atom stereocenters. The Labute approximate surface area is 223 Å². The van der Waals surface area contributed by atoms with Crippen LogP contribution in [0.4, 0.5) is 17.1 Å². The summed E-state index contributed by atoms with van der Waals surface area (Å²) in [6.07, 6.45) is 0. The zero-order valence-corrected chi connectivity index (χ0v) is 22.5. The molecule has 0 saturated carbocycles. The Balaban J connectivity index is 1.52. The lowest BCUT2D eigenvalue weighted by Gasteiger charge is -2.27. The van der Waals surface area contributed by atoms with Crippen molar-refractivity contribution in [3.63, 3.8) is 0 Å². The molecule has 36 heavy (non-hydrogen) atoms. The predicted octanol–water partition coefficient (Wildman–Crippen LogP) is 10.6. The maximum Gasteiger partial charge on any atom is 0.0651 e. The Hall–Kier alpha value is -3.40. The molecule has 7 rings (SSSR count). The Kier molecular flexibility index (Phi) is 4.89. The molecular formula is C33H24BrNS. The molecule has 1 aromatic heterocycles. The summed E-state index contributed by atoms with van der Waals surface area (Å²) in [7, 11) is 0. The number of halogens is 1. The van der Waals surface area contributed by atoms with Gasteiger partial charge in [-0.1, -0.05) is 96.5 Å². The van der Waals surface area contributed by atoms with Gasteiger partial charge in [0.05, 0.1) is 10.4 Å². The molecule has 1 aliphatic carbocycles. The van der Waals surface area contributed by atoms with Gasteiger partial charge in [0, 0.05) is 36.7 Å². The summed E-state index contributed by atoms with van der Waals surface area (Å²) in [6, 6.07) is 39.8. The molecular weight excluding hydrogens is 522 g/mol. The van der Waals surface area contributed by atoms with Crippen molar-refractivity contribution < 1.29 is 0 Å². The van der Waals surface area contributed by atoms with Gasteiger partial charge in [0.25, 0.3) is 0 Å². The van der Waals surface area contributed by atoms with Crippen LogP contribution in [0.2, 0.25) is 0 Å². The first-order valence-corrected chi connectivity index (χ1v) is 13.8. The van der Waals surface area contributed by atoms with Crippen LogP contribution in [-0.4, -0.2) is 0 Å². The Bertz CT molecular complexity index is 1780. The number of benzene rings is 5. The Morgan fingerprint density at radius 3 is 2.22 bits per heavy atom. The highest BCUT2D eigenvalue weighted by atomic mass is 79.9. The molecule has 5 aromatic carbocycles. The zero-order valence-electron chi connectivity index (χ0n) is 20.1. The summed E-state index contributed by atoms with van der Waals surface area (Å²) in [5.41, 5.74) is 8.97. The summed E-state index contributed by atoms with van der Waals surface area (Å²) in [5.74, 6) is 0. The summed E-state index contributed by atoms with van der Waals surface area (Å²) >= 11 is 5.70. The maximum atomic E-state index is 3.83. The second kappa shape index (κ2) is 8.06. The normalized spacial score (nSPS) is 13.6. The molecule has 174 valence electrons. The number of fused-ring (bicyclic) bond motifs is 6. The van der Waals surface area contributed by atoms with Crippen molar-refractivity contribution in [2.75, 3.05) is 4.90 Å². The molecule has 0 amide bonds. The van der Waals surface area contributed by atoms with Gasteiger partial charge < -0.3 is 4.90 Å². The average Bonchev–Trinajstić information content (AvgIpc) is 3.38. The number of para-hydroxylation sites is 1. The molecule has 0 N–H and O–H groups in total. The molecule has 1 aliphatic rings. The molecule has 1 nitrogen and oxygen atoms in total. The van der Waals surface area contributed by atoms with E-state index in [4.69, 9.17) is 0 Å². The second-order valence-electron chi connectivity index (χ2n) is 9.97. The van der Waals surface area contributed by atoms with Crippen molar-refractivity contribution in [1.82, 2.24) is 0 Å². The molecule has 6 aromatic rings. The van der Waals surface area contributed by atoms with Crippen LogP contribution in [0.25, 0.3) is 31.3 Å². The van der Waals surface area contributed by atoms with Crippen molar-refractivity contribution in [2.45, 2.75) is 19.3 Å². The first-order valence-electron chi connectivity index (χ1n) is 12.2. The zero-order chi connectivity index (χ0) is 24.4. The number of nitrogens with zero attached hydrogens (tertiary/aromatic N) is 1. The SMILES string of the molecule is CC1(C)c2ccccc2-c2cc(N(c3ccccc3)c3cc(Br)cc4c3sc3ccccc34)ccc21. The van der Waals surface area contributed by atoms with E-state index >= 15 is 0 Å². The van der Waals surface area contributed by atoms with Crippen LogP contribution in [0.15, 0.2) is 114 Å². The maximum absolute atomic E-state index is 3.83. The fourth-order valence-electron chi connectivity index (χ4n) is 5.79. The predicted molar refractivity (Wildman–Crippen MR) is 159 cm³/mol. The van der Waals surface area contributed by atoms with Crippen molar-refractivity contribution in [3.8, 4) is 11.1 Å². The Morgan fingerprint density at radius 2 is 1.36 bits per heavy atom. The highest BCUT2D eigenvalue weighted by Gasteiger charge is 2.35. The van der Waals surface area contributed by atoms with Crippen molar-refractivity contribution in [3.05, 3.63) is 125 Å². The van der Waals surface area contributed by atoms with Crippen molar-refractivity contribution in [1.29, 1.82) is 0 Å². The van der Waals surface area contributed by atoms with Crippen LogP contribution in [0.3, 0.4) is 0 Å². The molecule has 0 bridgehead atoms. The van der Waals surface area contributed by atoms with Crippen LogP contribution in [0.5, 0.6) is 0 Å². The molecule has 0 fully saturated rings. The smallest absolute Gasteiger partial charge is 0.0651 e. The van der Waals surface area contributed by atoms with Gasteiger partial charge in [-0.2, -0.15) is 0 Å². The lowest BCUT2D eigenvalue weighted by molar-refractivity contribution is 0.660. The summed E-state index contributed by atoms with van der Waals surface area (Å²) < 4.78 is 3.69. The highest BCUT2D eigenvalue weighted by molar-refractivity contribution is 9.10. The van der Waals surface area contributed by atoms with E-state index < -0.39 is 0 Å². The largest absolute Gasteiger partial charge is 0.309 e. The van der Waals surface area contributed by atoms with E-state index in [0.717, 1.165) is 10.2 Å². The average molecular weight is 547 g/mol. The lowest BCUT2D eigenvalue weighted by atomic mass is 9.82. The first-order chi connectivity index (χ1) is 17.5. The van der Waals surface area contributed by atoms with Crippen LogP contribution >= 0.6 is 27.3 Å². The molecule has 0 saturated heterocycles. The number of anilines is 3. The van der Waals surface area contributed by atoms with E-state index in [1.807, 2.05) is 11.3 Å².